The van der Waals surface area contributed by atoms with Gasteiger partial charge in [-0.2, -0.15) is 0 Å². The van der Waals surface area contributed by atoms with E-state index in [-0.39, 0.29) is 0 Å². The summed E-state index contributed by atoms with van der Waals surface area (Å²) in [6.45, 7) is 8.45. The Morgan fingerprint density at radius 1 is 1.20 bits per heavy atom. The molecule has 1 aromatic heterocycles. The first kappa shape index (κ1) is 14.6. The molecule has 2 rings (SSSR count). The molecule has 0 unspecified atom stereocenters. The molecule has 0 bridgehead atoms. The Labute approximate surface area is 122 Å². The minimum absolute atomic E-state index is 0.629. The van der Waals surface area contributed by atoms with E-state index in [0.717, 1.165) is 37.6 Å². The second-order valence-electron chi connectivity index (χ2n) is 5.76. The van der Waals surface area contributed by atoms with Crippen LogP contribution in [-0.4, -0.2) is 16.1 Å². The van der Waals surface area contributed by atoms with Crippen molar-refractivity contribution in [1.29, 1.82) is 0 Å². The lowest BCUT2D eigenvalue weighted by Crippen LogP contribution is -2.13. The Bertz CT molecular complexity index is 514. The van der Waals surface area contributed by atoms with Crippen LogP contribution in [0.25, 0.3) is 0 Å². The third-order valence-corrected chi connectivity index (χ3v) is 3.27. The van der Waals surface area contributed by atoms with Gasteiger partial charge in [-0.25, -0.2) is 4.98 Å². The van der Waals surface area contributed by atoms with Gasteiger partial charge in [0.25, 0.3) is 0 Å². The normalized spacial score (nSPS) is 11.0. The second kappa shape index (κ2) is 7.13. The molecule has 0 atom stereocenters. The Balaban J connectivity index is 1.88. The Morgan fingerprint density at radius 3 is 2.65 bits per heavy atom. The Kier molecular flexibility index (Phi) is 5.22. The molecule has 20 heavy (non-hydrogen) atoms. The molecule has 3 nitrogen and oxygen atoms in total. The van der Waals surface area contributed by atoms with E-state index in [2.05, 4.69) is 65.2 Å². The Hall–Kier alpha value is -1.77. The van der Waals surface area contributed by atoms with Crippen LogP contribution in [0.1, 0.15) is 31.5 Å². The van der Waals surface area contributed by atoms with Crippen molar-refractivity contribution in [2.45, 2.75) is 40.2 Å². The van der Waals surface area contributed by atoms with E-state index < -0.39 is 0 Å². The van der Waals surface area contributed by atoms with E-state index >= 15 is 0 Å². The maximum atomic E-state index is 4.56. The number of aryl methyl sites for hydroxylation is 3. The van der Waals surface area contributed by atoms with Gasteiger partial charge in [-0.3, -0.25) is 0 Å². The molecule has 0 amide bonds. The molecule has 0 aliphatic heterocycles. The highest BCUT2D eigenvalue weighted by Gasteiger charge is 2.05. The van der Waals surface area contributed by atoms with Gasteiger partial charge in [0.15, 0.2) is 0 Å². The van der Waals surface area contributed by atoms with Gasteiger partial charge in [-0.1, -0.05) is 44.2 Å². The largest absolute Gasteiger partial charge is 0.355 e. The number of nitrogens with one attached hydrogen (secondary N) is 1. The molecule has 1 aromatic carbocycles. The van der Waals surface area contributed by atoms with E-state index in [1.54, 1.807) is 0 Å². The molecule has 0 aliphatic carbocycles. The summed E-state index contributed by atoms with van der Waals surface area (Å²) in [5.41, 5.74) is 2.48. The van der Waals surface area contributed by atoms with E-state index in [4.69, 9.17) is 0 Å². The minimum atomic E-state index is 0.629. The highest BCUT2D eigenvalue weighted by molar-refractivity contribution is 5.28. The lowest BCUT2D eigenvalue weighted by atomic mass is 10.1. The van der Waals surface area contributed by atoms with E-state index in [0.29, 0.717) is 5.92 Å². The molecular formula is C17H25N3. The number of hydrogen-bond acceptors (Lipinski definition) is 2. The maximum absolute atomic E-state index is 4.56. The third kappa shape index (κ3) is 4.41. The molecule has 0 radical (unpaired) electrons. The highest BCUT2D eigenvalue weighted by atomic mass is 15.2. The predicted molar refractivity (Wildman–Crippen MR) is 85.1 cm³/mol. The molecule has 0 saturated heterocycles. The number of imidazole rings is 1. The third-order valence-electron chi connectivity index (χ3n) is 3.27. The van der Waals surface area contributed by atoms with Crippen LogP contribution in [-0.2, 0) is 13.0 Å². The highest BCUT2D eigenvalue weighted by Crippen LogP contribution is 2.11. The lowest BCUT2D eigenvalue weighted by Gasteiger charge is -2.11. The first-order chi connectivity index (χ1) is 9.65. The quantitative estimate of drug-likeness (QED) is 0.828. The van der Waals surface area contributed by atoms with Gasteiger partial charge < -0.3 is 9.88 Å². The zero-order valence-electron chi connectivity index (χ0n) is 12.8. The van der Waals surface area contributed by atoms with Crippen LogP contribution in [0.4, 0.5) is 5.95 Å². The second-order valence-corrected chi connectivity index (χ2v) is 5.76. The van der Waals surface area contributed by atoms with Crippen molar-refractivity contribution in [3.63, 3.8) is 0 Å². The SMILES string of the molecule is Cc1cn(CCCc2ccccc2)c(NCC(C)C)n1. The summed E-state index contributed by atoms with van der Waals surface area (Å²) in [5, 5.41) is 3.43. The van der Waals surface area contributed by atoms with Gasteiger partial charge >= 0.3 is 0 Å². The Morgan fingerprint density at radius 2 is 1.95 bits per heavy atom. The number of benzene rings is 1. The average molecular weight is 271 g/mol. The monoisotopic (exact) mass is 271 g/mol. The summed E-state index contributed by atoms with van der Waals surface area (Å²) in [5.74, 6) is 1.63. The van der Waals surface area contributed by atoms with Gasteiger partial charge in [0.2, 0.25) is 5.95 Å². The maximum Gasteiger partial charge on any atom is 0.203 e. The molecule has 108 valence electrons. The number of hydrogen-bond donors (Lipinski definition) is 1. The van der Waals surface area contributed by atoms with Crippen molar-refractivity contribution >= 4 is 5.95 Å². The zero-order chi connectivity index (χ0) is 14.4. The molecule has 0 spiro atoms. The van der Waals surface area contributed by atoms with Crippen molar-refractivity contribution in [1.82, 2.24) is 9.55 Å². The molecule has 1 heterocycles. The van der Waals surface area contributed by atoms with Crippen LogP contribution in [0.5, 0.6) is 0 Å². The number of rotatable bonds is 7. The van der Waals surface area contributed by atoms with Gasteiger partial charge in [-0.05, 0) is 31.2 Å². The first-order valence-electron chi connectivity index (χ1n) is 7.46. The molecule has 3 heteroatoms. The molecule has 0 fully saturated rings. The zero-order valence-corrected chi connectivity index (χ0v) is 12.8. The fourth-order valence-electron chi connectivity index (χ4n) is 2.25. The van der Waals surface area contributed by atoms with Gasteiger partial charge in [0.05, 0.1) is 5.69 Å². The van der Waals surface area contributed by atoms with Gasteiger partial charge in [0, 0.05) is 19.3 Å². The summed E-state index contributed by atoms with van der Waals surface area (Å²) in [6, 6.07) is 10.7. The van der Waals surface area contributed by atoms with Crippen LogP contribution >= 0.6 is 0 Å². The number of nitrogens with zero attached hydrogens (tertiary/aromatic N) is 2. The molecule has 2 aromatic rings. The first-order valence-corrected chi connectivity index (χ1v) is 7.46. The lowest BCUT2D eigenvalue weighted by molar-refractivity contribution is 0.632. The van der Waals surface area contributed by atoms with Gasteiger partial charge in [-0.15, -0.1) is 0 Å². The van der Waals surface area contributed by atoms with Crippen LogP contribution in [0.2, 0.25) is 0 Å². The standard InChI is InChI=1S/C17H25N3/c1-14(2)12-18-17-19-15(3)13-20(17)11-7-10-16-8-5-4-6-9-16/h4-6,8-9,13-14H,7,10-12H2,1-3H3,(H,18,19). The minimum Gasteiger partial charge on any atom is -0.355 e. The fraction of sp³-hybridized carbons (Fsp3) is 0.471. The van der Waals surface area contributed by atoms with E-state index in [1.807, 2.05) is 6.92 Å². The summed E-state index contributed by atoms with van der Waals surface area (Å²) >= 11 is 0. The van der Waals surface area contributed by atoms with Gasteiger partial charge in [0.1, 0.15) is 0 Å². The summed E-state index contributed by atoms with van der Waals surface area (Å²) in [7, 11) is 0. The molecule has 0 aliphatic rings. The predicted octanol–water partition coefficient (Wildman–Crippen LogP) is 3.89. The number of aromatic nitrogens is 2. The fourth-order valence-corrected chi connectivity index (χ4v) is 2.25. The summed E-state index contributed by atoms with van der Waals surface area (Å²) in [6.07, 6.45) is 4.38. The summed E-state index contributed by atoms with van der Waals surface area (Å²) in [4.78, 5) is 4.56. The van der Waals surface area contributed by atoms with Crippen molar-refractivity contribution in [3.8, 4) is 0 Å². The average Bonchev–Trinajstić information content (AvgIpc) is 2.78. The molecule has 0 saturated carbocycles. The van der Waals surface area contributed by atoms with Crippen molar-refractivity contribution in [3.05, 3.63) is 47.8 Å². The van der Waals surface area contributed by atoms with E-state index in [9.17, 15) is 0 Å². The van der Waals surface area contributed by atoms with Crippen LogP contribution in [0.15, 0.2) is 36.5 Å². The van der Waals surface area contributed by atoms with E-state index in [1.165, 1.54) is 5.56 Å². The van der Waals surface area contributed by atoms with Crippen molar-refractivity contribution in [2.24, 2.45) is 5.92 Å². The van der Waals surface area contributed by atoms with Crippen LogP contribution in [0, 0.1) is 12.8 Å². The molecule has 1 N–H and O–H groups in total. The van der Waals surface area contributed by atoms with Crippen molar-refractivity contribution in [2.75, 3.05) is 11.9 Å². The van der Waals surface area contributed by atoms with Crippen molar-refractivity contribution < 1.29 is 0 Å². The topological polar surface area (TPSA) is 29.9 Å². The smallest absolute Gasteiger partial charge is 0.203 e. The molecular weight excluding hydrogens is 246 g/mol. The van der Waals surface area contributed by atoms with Crippen LogP contribution in [0.3, 0.4) is 0 Å². The van der Waals surface area contributed by atoms with Crippen LogP contribution < -0.4 is 5.32 Å². The number of anilines is 1. The summed E-state index contributed by atoms with van der Waals surface area (Å²) < 4.78 is 2.24.